The van der Waals surface area contributed by atoms with Crippen molar-refractivity contribution in [1.29, 1.82) is 0 Å². The van der Waals surface area contributed by atoms with E-state index in [1.807, 2.05) is 54.6 Å². The smallest absolute Gasteiger partial charge is 0.166 e. The van der Waals surface area contributed by atoms with Crippen molar-refractivity contribution in [2.24, 2.45) is 0 Å². The van der Waals surface area contributed by atoms with Crippen LogP contribution < -0.4 is 0 Å². The Balaban J connectivity index is 1.30. The van der Waals surface area contributed by atoms with Gasteiger partial charge >= 0.3 is 0 Å². The van der Waals surface area contributed by atoms with Crippen LogP contribution in [0.1, 0.15) is 115 Å². The highest BCUT2D eigenvalue weighted by molar-refractivity contribution is 7.99. The highest BCUT2D eigenvalue weighted by Crippen LogP contribution is 2.55. The first-order chi connectivity index (χ1) is 27.6. The first-order valence-electron chi connectivity index (χ1n) is 19.9. The van der Waals surface area contributed by atoms with Crippen LogP contribution in [0.3, 0.4) is 0 Å². The number of benzene rings is 6. The molecule has 0 spiro atoms. The van der Waals surface area contributed by atoms with Gasteiger partial charge < -0.3 is 0 Å². The van der Waals surface area contributed by atoms with E-state index in [0.717, 1.165) is 74.8 Å². The Bertz CT molecular complexity index is 2290. The minimum atomic E-state index is -0.403. The Morgan fingerprint density at radius 2 is 0.860 bits per heavy atom. The molecular formula is C51H49O3S3+. The summed E-state index contributed by atoms with van der Waals surface area (Å²) in [7, 11) is -0.403. The summed E-state index contributed by atoms with van der Waals surface area (Å²) in [5, 5.41) is 0. The van der Waals surface area contributed by atoms with Crippen LogP contribution in [0.5, 0.6) is 0 Å². The SMILES string of the molecule is CCCCC1(CCCC)c2ccc(C(C)=O)cc2-c2ccc([S+](c3ccc(Sc4ccc(C(C)=O)cc4)cc3)c3ccc(Sc4ccc(C(C)=O)cc4)cc3)cc21. The molecule has 1 aliphatic rings. The minimum Gasteiger partial charge on any atom is -0.295 e. The summed E-state index contributed by atoms with van der Waals surface area (Å²) < 4.78 is 0. The average molecular weight is 806 g/mol. The molecule has 0 aliphatic heterocycles. The van der Waals surface area contributed by atoms with Crippen LogP contribution in [0, 0.1) is 0 Å². The van der Waals surface area contributed by atoms with Crippen molar-refractivity contribution in [3.8, 4) is 11.1 Å². The van der Waals surface area contributed by atoms with Gasteiger partial charge in [0.2, 0.25) is 0 Å². The number of Topliss-reactive ketones (excluding diaryl/α,β-unsaturated/α-hetero) is 3. The fourth-order valence-corrected chi connectivity index (χ4v) is 11.6. The Kier molecular flexibility index (Phi) is 12.7. The fourth-order valence-electron chi connectivity index (χ4n) is 7.93. The van der Waals surface area contributed by atoms with Crippen molar-refractivity contribution in [1.82, 2.24) is 0 Å². The van der Waals surface area contributed by atoms with Crippen molar-refractivity contribution in [3.63, 3.8) is 0 Å². The second-order valence-electron chi connectivity index (χ2n) is 14.9. The van der Waals surface area contributed by atoms with Gasteiger partial charge in [0.1, 0.15) is 0 Å². The van der Waals surface area contributed by atoms with Crippen LogP contribution in [0.15, 0.2) is 168 Å². The van der Waals surface area contributed by atoms with Crippen LogP contribution in [0.4, 0.5) is 0 Å². The zero-order valence-corrected chi connectivity index (χ0v) is 35.8. The predicted octanol–water partition coefficient (Wildman–Crippen LogP) is 14.3. The van der Waals surface area contributed by atoms with Gasteiger partial charge in [0.25, 0.3) is 0 Å². The summed E-state index contributed by atoms with van der Waals surface area (Å²) in [6.07, 6.45) is 6.70. The Hall–Kier alpha value is -4.62. The van der Waals surface area contributed by atoms with E-state index in [4.69, 9.17) is 0 Å². The molecule has 6 aromatic rings. The van der Waals surface area contributed by atoms with Crippen LogP contribution >= 0.6 is 23.5 Å². The molecule has 6 aromatic carbocycles. The number of unbranched alkanes of at least 4 members (excludes halogenated alkanes) is 2. The normalized spacial score (nSPS) is 12.7. The Labute approximate surface area is 349 Å². The predicted molar refractivity (Wildman–Crippen MR) is 238 cm³/mol. The van der Waals surface area contributed by atoms with Gasteiger partial charge in [0, 0.05) is 41.7 Å². The molecule has 0 atom stereocenters. The minimum absolute atomic E-state index is 0.0714. The molecule has 288 valence electrons. The standard InChI is InChI=1S/C51H49O3S3/c1-6-8-30-51(31-9-7-2)49-29-14-39(36(5)54)32-48(49)47-28-27-46(33-50(47)51)57(44-23-19-42(20-24-44)55-40-15-10-37(11-16-40)34(3)52)45-25-21-43(22-26-45)56-41-17-12-38(13-18-41)35(4)53/h10-29,32-33H,6-9,30-31H2,1-5H3/q+1. The van der Waals surface area contributed by atoms with E-state index >= 15 is 0 Å². The van der Waals surface area contributed by atoms with E-state index in [9.17, 15) is 14.4 Å². The van der Waals surface area contributed by atoms with Gasteiger partial charge in [-0.1, -0.05) is 99.5 Å². The Morgan fingerprint density at radius 1 is 0.456 bits per heavy atom. The quantitative estimate of drug-likeness (QED) is 0.0720. The van der Waals surface area contributed by atoms with Crippen LogP contribution in [-0.4, -0.2) is 17.3 Å². The number of hydrogen-bond donors (Lipinski definition) is 0. The molecule has 0 unspecified atom stereocenters. The number of ketones is 3. The second kappa shape index (κ2) is 17.9. The molecule has 0 heterocycles. The molecule has 1 aliphatic carbocycles. The average Bonchev–Trinajstić information content (AvgIpc) is 3.49. The van der Waals surface area contributed by atoms with Gasteiger partial charge in [-0.25, -0.2) is 0 Å². The molecule has 0 aromatic heterocycles. The van der Waals surface area contributed by atoms with E-state index in [0.29, 0.717) is 0 Å². The van der Waals surface area contributed by atoms with E-state index < -0.39 is 10.9 Å². The largest absolute Gasteiger partial charge is 0.295 e. The monoisotopic (exact) mass is 805 g/mol. The van der Waals surface area contributed by atoms with Gasteiger partial charge in [-0.3, -0.25) is 14.4 Å². The van der Waals surface area contributed by atoms with Crippen molar-refractivity contribution < 1.29 is 14.4 Å². The molecule has 0 fully saturated rings. The maximum absolute atomic E-state index is 12.6. The maximum atomic E-state index is 12.6. The van der Waals surface area contributed by atoms with E-state index in [2.05, 4.69) is 92.7 Å². The van der Waals surface area contributed by atoms with Crippen molar-refractivity contribution >= 4 is 51.8 Å². The summed E-state index contributed by atoms with van der Waals surface area (Å²) >= 11 is 3.40. The highest BCUT2D eigenvalue weighted by atomic mass is 32.2. The zero-order chi connectivity index (χ0) is 40.1. The van der Waals surface area contributed by atoms with E-state index in [-0.39, 0.29) is 22.8 Å². The maximum Gasteiger partial charge on any atom is 0.166 e. The third-order valence-electron chi connectivity index (χ3n) is 11.0. The number of carbonyl (C=O) groups excluding carboxylic acids is 3. The molecule has 6 heteroatoms. The van der Waals surface area contributed by atoms with E-state index in [1.54, 1.807) is 44.3 Å². The van der Waals surface area contributed by atoms with Crippen molar-refractivity contribution in [3.05, 3.63) is 161 Å². The summed E-state index contributed by atoms with van der Waals surface area (Å²) in [5.41, 5.74) is 7.36. The lowest BCUT2D eigenvalue weighted by atomic mass is 9.71. The van der Waals surface area contributed by atoms with Gasteiger partial charge in [0.15, 0.2) is 32.0 Å². The third-order valence-corrected chi connectivity index (χ3v) is 15.2. The molecular weight excluding hydrogens is 757 g/mol. The van der Waals surface area contributed by atoms with Crippen molar-refractivity contribution in [2.75, 3.05) is 0 Å². The lowest BCUT2D eigenvalue weighted by Crippen LogP contribution is -2.26. The summed E-state index contributed by atoms with van der Waals surface area (Å²) in [4.78, 5) is 44.5. The van der Waals surface area contributed by atoms with Crippen LogP contribution in [0.2, 0.25) is 0 Å². The molecule has 0 bridgehead atoms. The molecule has 0 saturated carbocycles. The van der Waals surface area contributed by atoms with E-state index in [1.165, 1.54) is 36.9 Å². The fraction of sp³-hybridized carbons (Fsp3) is 0.235. The third kappa shape index (κ3) is 8.79. The molecule has 57 heavy (non-hydrogen) atoms. The molecule has 7 rings (SSSR count). The zero-order valence-electron chi connectivity index (χ0n) is 33.4. The Morgan fingerprint density at radius 3 is 1.28 bits per heavy atom. The van der Waals surface area contributed by atoms with Gasteiger partial charge in [-0.15, -0.1) is 0 Å². The first-order valence-corrected chi connectivity index (χ1v) is 22.8. The lowest BCUT2D eigenvalue weighted by molar-refractivity contribution is 0.100. The first kappa shape index (κ1) is 40.6. The molecule has 0 radical (unpaired) electrons. The van der Waals surface area contributed by atoms with Crippen LogP contribution in [0.25, 0.3) is 11.1 Å². The number of carbonyl (C=O) groups is 3. The van der Waals surface area contributed by atoms with Gasteiger partial charge in [-0.05, 0) is 153 Å². The second-order valence-corrected chi connectivity index (χ2v) is 19.2. The molecule has 3 nitrogen and oxygen atoms in total. The van der Waals surface area contributed by atoms with Crippen molar-refractivity contribution in [2.45, 2.75) is 113 Å². The number of hydrogen-bond acceptors (Lipinski definition) is 5. The van der Waals surface area contributed by atoms with Gasteiger partial charge in [-0.2, -0.15) is 0 Å². The lowest BCUT2D eigenvalue weighted by Gasteiger charge is -2.32. The highest BCUT2D eigenvalue weighted by Gasteiger charge is 2.44. The topological polar surface area (TPSA) is 51.2 Å². The van der Waals surface area contributed by atoms with Gasteiger partial charge in [0.05, 0.1) is 10.9 Å². The molecule has 0 saturated heterocycles. The molecule has 0 amide bonds. The van der Waals surface area contributed by atoms with Crippen LogP contribution in [-0.2, 0) is 16.3 Å². The number of fused-ring (bicyclic) bond motifs is 3. The summed E-state index contributed by atoms with van der Waals surface area (Å²) in [6.45, 7) is 9.42. The summed E-state index contributed by atoms with van der Waals surface area (Å²) in [5.74, 6) is 0.241. The summed E-state index contributed by atoms with van der Waals surface area (Å²) in [6, 6.07) is 47.2. The number of rotatable bonds is 16. The molecule has 0 N–H and O–H groups in total.